The molecule has 2 aliphatic rings. The molecule has 35 heavy (non-hydrogen) atoms. The van der Waals surface area contributed by atoms with Crippen LogP contribution in [-0.2, 0) is 0 Å². The highest BCUT2D eigenvalue weighted by Crippen LogP contribution is 2.60. The number of nitrogens with one attached hydrogen (secondary N) is 3. The molecule has 4 N–H and O–H groups in total. The summed E-state index contributed by atoms with van der Waals surface area (Å²) in [7, 11) is 0. The van der Waals surface area contributed by atoms with Crippen molar-refractivity contribution in [3.63, 3.8) is 0 Å². The molecule has 0 aromatic carbocycles. The molecular weight excluding hydrogens is 463 g/mol. The van der Waals surface area contributed by atoms with Crippen molar-refractivity contribution in [1.82, 2.24) is 24.9 Å². The van der Waals surface area contributed by atoms with Crippen LogP contribution in [0.2, 0.25) is 0 Å². The van der Waals surface area contributed by atoms with Crippen LogP contribution in [0.5, 0.6) is 0 Å². The second-order valence-electron chi connectivity index (χ2n) is 9.73. The summed E-state index contributed by atoms with van der Waals surface area (Å²) in [6, 6.07) is 3.73. The van der Waals surface area contributed by atoms with Gasteiger partial charge in [-0.2, -0.15) is 5.10 Å². The fraction of sp³-hybridized carbons (Fsp3) is 0.478. The number of rotatable bonds is 8. The molecule has 0 aliphatic heterocycles. The minimum atomic E-state index is -2.89. The van der Waals surface area contributed by atoms with E-state index in [1.165, 1.54) is 26.1 Å². The van der Waals surface area contributed by atoms with Crippen LogP contribution in [0.4, 0.5) is 30.5 Å². The number of pyridine rings is 1. The fourth-order valence-electron chi connectivity index (χ4n) is 4.41. The summed E-state index contributed by atoms with van der Waals surface area (Å²) in [5.41, 5.74) is -0.900. The number of carbonyl (C=O) groups is 1. The molecule has 0 saturated heterocycles. The van der Waals surface area contributed by atoms with E-state index in [0.29, 0.717) is 24.3 Å². The smallest absolute Gasteiger partial charge is 0.270 e. The summed E-state index contributed by atoms with van der Waals surface area (Å²) in [5, 5.41) is 22.1. The largest absolute Gasteiger partial charge is 0.387 e. The van der Waals surface area contributed by atoms with E-state index in [0.717, 1.165) is 0 Å². The molecule has 3 aromatic rings. The third kappa shape index (κ3) is 4.62. The molecule has 3 unspecified atom stereocenters. The Labute approximate surface area is 199 Å². The van der Waals surface area contributed by atoms with Gasteiger partial charge in [-0.3, -0.25) is 4.79 Å². The molecular formula is C23H26F3N7O2. The van der Waals surface area contributed by atoms with E-state index < -0.39 is 42.1 Å². The zero-order valence-corrected chi connectivity index (χ0v) is 19.2. The maximum atomic E-state index is 14.7. The summed E-state index contributed by atoms with van der Waals surface area (Å²) in [6.07, 6.45) is 3.64. The third-order valence-electron chi connectivity index (χ3n) is 6.62. The first-order valence-electron chi connectivity index (χ1n) is 11.4. The molecule has 0 spiro atoms. The molecule has 1 amide bonds. The van der Waals surface area contributed by atoms with Gasteiger partial charge in [-0.1, -0.05) is 0 Å². The Bertz CT molecular complexity index is 1260. The van der Waals surface area contributed by atoms with Gasteiger partial charge in [0.1, 0.15) is 17.8 Å². The molecule has 2 saturated carbocycles. The van der Waals surface area contributed by atoms with E-state index >= 15 is 0 Å². The first kappa shape index (κ1) is 23.3. The fourth-order valence-corrected chi connectivity index (χ4v) is 4.41. The first-order valence-corrected chi connectivity index (χ1v) is 11.4. The first-order chi connectivity index (χ1) is 16.5. The maximum Gasteiger partial charge on any atom is 0.270 e. The summed E-state index contributed by atoms with van der Waals surface area (Å²) < 4.78 is 45.2. The second kappa shape index (κ2) is 8.36. The molecule has 5 rings (SSSR count). The topological polar surface area (TPSA) is 116 Å². The number of halogens is 3. The van der Waals surface area contributed by atoms with E-state index in [1.807, 2.05) is 0 Å². The number of nitrogens with zero attached hydrogens (tertiary/aromatic N) is 4. The zero-order valence-electron chi connectivity index (χ0n) is 19.2. The van der Waals surface area contributed by atoms with E-state index in [9.17, 15) is 23.1 Å². The van der Waals surface area contributed by atoms with Gasteiger partial charge in [0.15, 0.2) is 5.65 Å². The molecule has 0 bridgehead atoms. The Morgan fingerprint density at radius 2 is 2.11 bits per heavy atom. The van der Waals surface area contributed by atoms with Crippen LogP contribution < -0.4 is 16.0 Å². The van der Waals surface area contributed by atoms with Crippen LogP contribution in [0.3, 0.4) is 0 Å². The maximum absolute atomic E-state index is 14.7. The van der Waals surface area contributed by atoms with Crippen LogP contribution >= 0.6 is 0 Å². The lowest BCUT2D eigenvalue weighted by Crippen LogP contribution is -2.42. The van der Waals surface area contributed by atoms with E-state index in [2.05, 4.69) is 31.0 Å². The van der Waals surface area contributed by atoms with Crippen molar-refractivity contribution in [3.05, 3.63) is 42.4 Å². The van der Waals surface area contributed by atoms with Crippen molar-refractivity contribution in [2.45, 2.75) is 50.4 Å². The normalized spacial score (nSPS) is 23.5. The average Bonchev–Trinajstić information content (AvgIpc) is 3.35. The Kier molecular flexibility index (Phi) is 5.58. The van der Waals surface area contributed by atoms with Gasteiger partial charge in [0, 0.05) is 30.4 Å². The lowest BCUT2D eigenvalue weighted by molar-refractivity contribution is -0.0240. The number of hydrogen-bond donors (Lipinski definition) is 4. The number of carbonyl (C=O) groups excluding carboxylic acids is 1. The zero-order chi connectivity index (χ0) is 25.0. The Morgan fingerprint density at radius 1 is 1.31 bits per heavy atom. The molecule has 0 radical (unpaired) electrons. The molecule has 2 fully saturated rings. The van der Waals surface area contributed by atoms with Crippen molar-refractivity contribution in [3.8, 4) is 0 Å². The van der Waals surface area contributed by atoms with E-state index in [1.54, 1.807) is 29.0 Å². The van der Waals surface area contributed by atoms with Crippen LogP contribution in [0.25, 0.3) is 5.65 Å². The lowest BCUT2D eigenvalue weighted by Gasteiger charge is -2.26. The quantitative estimate of drug-likeness (QED) is 0.384. The Balaban J connectivity index is 1.39. The number of anilines is 3. The van der Waals surface area contributed by atoms with Crippen LogP contribution in [0.1, 0.15) is 37.0 Å². The summed E-state index contributed by atoms with van der Waals surface area (Å²) in [5.74, 6) is -3.51. The van der Waals surface area contributed by atoms with Gasteiger partial charge in [0.05, 0.1) is 35.6 Å². The van der Waals surface area contributed by atoms with E-state index in [4.69, 9.17) is 0 Å². The highest BCUT2D eigenvalue weighted by molar-refractivity contribution is 6.00. The van der Waals surface area contributed by atoms with Gasteiger partial charge in [0.25, 0.3) is 11.8 Å². The number of aliphatic hydroxyl groups is 1. The van der Waals surface area contributed by atoms with Gasteiger partial charge < -0.3 is 21.1 Å². The van der Waals surface area contributed by atoms with Crippen molar-refractivity contribution < 1.29 is 23.1 Å². The highest BCUT2D eigenvalue weighted by Gasteiger charge is 2.65. The van der Waals surface area contributed by atoms with Crippen molar-refractivity contribution in [2.75, 3.05) is 17.2 Å². The minimum Gasteiger partial charge on any atom is -0.387 e. The third-order valence-corrected chi connectivity index (χ3v) is 6.62. The minimum absolute atomic E-state index is 0.00549. The molecule has 3 heterocycles. The predicted octanol–water partition coefficient (Wildman–Crippen LogP) is 3.16. The highest BCUT2D eigenvalue weighted by atomic mass is 19.3. The van der Waals surface area contributed by atoms with Crippen molar-refractivity contribution in [1.29, 1.82) is 0 Å². The van der Waals surface area contributed by atoms with Crippen LogP contribution in [0.15, 0.2) is 36.8 Å². The Morgan fingerprint density at radius 3 is 2.83 bits per heavy atom. The van der Waals surface area contributed by atoms with Crippen molar-refractivity contribution >= 4 is 28.9 Å². The number of alkyl halides is 3. The average molecular weight is 490 g/mol. The molecule has 9 nitrogen and oxygen atoms in total. The summed E-state index contributed by atoms with van der Waals surface area (Å²) in [6.45, 7) is 2.14. The summed E-state index contributed by atoms with van der Waals surface area (Å²) >= 11 is 0. The van der Waals surface area contributed by atoms with Crippen LogP contribution in [-0.4, -0.2) is 60.9 Å². The van der Waals surface area contributed by atoms with Crippen molar-refractivity contribution in [2.24, 2.45) is 11.8 Å². The second-order valence-corrected chi connectivity index (χ2v) is 9.73. The van der Waals surface area contributed by atoms with Gasteiger partial charge in [-0.05, 0) is 38.7 Å². The van der Waals surface area contributed by atoms with Gasteiger partial charge in [0.2, 0.25) is 0 Å². The molecule has 4 atom stereocenters. The Hall–Kier alpha value is -3.41. The number of fused-ring (bicyclic) bond motifs is 2. The van der Waals surface area contributed by atoms with Gasteiger partial charge in [-0.15, -0.1) is 0 Å². The predicted molar refractivity (Wildman–Crippen MR) is 123 cm³/mol. The molecule has 186 valence electrons. The molecule has 12 heteroatoms. The standard InChI is InChI=1S/C23H26F3N7O2/c1-22(2,35)16(24)11-28-21(34)13-10-27-19(31-18-4-6-33-20(32-18)3-5-29-33)9-15(13)30-17-8-12-7-14(12)23(17,25)26/h3-6,9-10,12,14,16-17,35H,7-8,11H2,1-2H3,(H,28,34)(H2,27,30,31,32)/t12?,14?,16-,17?/m1/s1. The number of aromatic nitrogens is 4. The lowest BCUT2D eigenvalue weighted by atomic mass is 10.0. The monoisotopic (exact) mass is 489 g/mol. The van der Waals surface area contributed by atoms with Gasteiger partial charge >= 0.3 is 0 Å². The summed E-state index contributed by atoms with van der Waals surface area (Å²) in [4.78, 5) is 21.4. The molecule has 2 aliphatic carbocycles. The number of hydrogen-bond acceptors (Lipinski definition) is 7. The van der Waals surface area contributed by atoms with E-state index in [-0.39, 0.29) is 23.0 Å². The van der Waals surface area contributed by atoms with Gasteiger partial charge in [-0.25, -0.2) is 27.7 Å². The van der Waals surface area contributed by atoms with Crippen LogP contribution in [0, 0.1) is 11.8 Å². The number of amides is 1. The SMILES string of the molecule is CC(C)(O)[C@H](F)CNC(=O)c1cnc(Nc2ccn3nccc3n2)cc1NC1CC2CC2C1(F)F. The molecule has 3 aromatic heterocycles.